The number of carbonyl (C=O) groups excluding carboxylic acids is 1. The van der Waals surface area contributed by atoms with E-state index in [1.54, 1.807) is 0 Å². The fourth-order valence-corrected chi connectivity index (χ4v) is 3.32. The zero-order chi connectivity index (χ0) is 14.4. The highest BCUT2D eigenvalue weighted by Gasteiger charge is 2.60. The number of rotatable bonds is 2. The third-order valence-corrected chi connectivity index (χ3v) is 4.38. The summed E-state index contributed by atoms with van der Waals surface area (Å²) in [4.78, 5) is 15.8. The van der Waals surface area contributed by atoms with Crippen LogP contribution in [0, 0.1) is 16.6 Å². The first-order chi connectivity index (χ1) is 8.69. The van der Waals surface area contributed by atoms with E-state index in [0.717, 1.165) is 6.20 Å². The van der Waals surface area contributed by atoms with E-state index in [2.05, 4.69) is 10.3 Å². The lowest BCUT2D eigenvalue weighted by Gasteiger charge is -2.62. The molecule has 0 aliphatic heterocycles. The van der Waals surface area contributed by atoms with E-state index in [0.29, 0.717) is 0 Å². The average Bonchev–Trinajstić information content (AvgIpc) is 2.34. The third kappa shape index (κ3) is 2.02. The predicted molar refractivity (Wildman–Crippen MR) is 71.0 cm³/mol. The summed E-state index contributed by atoms with van der Waals surface area (Å²) in [5.41, 5.74) is 5.74. The third-order valence-electron chi connectivity index (χ3n) is 4.38. The van der Waals surface area contributed by atoms with Crippen molar-refractivity contribution in [2.45, 2.75) is 39.8 Å². The maximum absolute atomic E-state index is 13.5. The second-order valence-corrected chi connectivity index (χ2v) is 6.38. The van der Waals surface area contributed by atoms with Crippen molar-refractivity contribution in [3.8, 4) is 0 Å². The fraction of sp³-hybridized carbons (Fsp3) is 0.571. The molecule has 0 saturated heterocycles. The van der Waals surface area contributed by atoms with Crippen LogP contribution in [0.15, 0.2) is 18.5 Å². The number of hydrogen-bond acceptors (Lipinski definition) is 3. The van der Waals surface area contributed by atoms with Gasteiger partial charge in [-0.15, -0.1) is 0 Å². The molecule has 0 aromatic carbocycles. The van der Waals surface area contributed by atoms with Gasteiger partial charge >= 0.3 is 0 Å². The van der Waals surface area contributed by atoms with E-state index in [1.165, 1.54) is 12.3 Å². The molecule has 5 heteroatoms. The molecule has 2 rings (SSSR count). The molecule has 1 saturated carbocycles. The Morgan fingerprint density at radius 3 is 2.47 bits per heavy atom. The van der Waals surface area contributed by atoms with Gasteiger partial charge in [0, 0.05) is 29.1 Å². The molecule has 1 aromatic rings. The van der Waals surface area contributed by atoms with Crippen molar-refractivity contribution in [1.29, 1.82) is 0 Å². The summed E-state index contributed by atoms with van der Waals surface area (Å²) in [5, 5.41) is 2.90. The van der Waals surface area contributed by atoms with Crippen molar-refractivity contribution >= 4 is 5.91 Å². The van der Waals surface area contributed by atoms with Crippen molar-refractivity contribution in [3.05, 3.63) is 29.8 Å². The Bertz CT molecular complexity index is 497. The number of nitrogens with one attached hydrogen (secondary N) is 1. The minimum atomic E-state index is -0.612. The molecular weight excluding hydrogens is 245 g/mol. The number of nitrogens with two attached hydrogens (primary N) is 1. The summed E-state index contributed by atoms with van der Waals surface area (Å²) in [6.45, 7) is 8.04. The van der Waals surface area contributed by atoms with E-state index in [9.17, 15) is 9.18 Å². The van der Waals surface area contributed by atoms with Gasteiger partial charge < -0.3 is 11.1 Å². The average molecular weight is 265 g/mol. The largest absolute Gasteiger partial charge is 0.348 e. The molecule has 0 bridgehead atoms. The molecule has 0 unspecified atom stereocenters. The molecule has 0 radical (unpaired) electrons. The molecule has 19 heavy (non-hydrogen) atoms. The van der Waals surface area contributed by atoms with Gasteiger partial charge in [-0.1, -0.05) is 27.7 Å². The lowest BCUT2D eigenvalue weighted by atomic mass is 9.48. The molecule has 1 heterocycles. The van der Waals surface area contributed by atoms with Gasteiger partial charge in [0.1, 0.15) is 0 Å². The van der Waals surface area contributed by atoms with E-state index in [-0.39, 0.29) is 28.5 Å². The normalized spacial score (nSPS) is 27.5. The quantitative estimate of drug-likeness (QED) is 0.855. The van der Waals surface area contributed by atoms with Gasteiger partial charge in [-0.2, -0.15) is 0 Å². The fourth-order valence-electron chi connectivity index (χ4n) is 3.32. The number of nitrogens with zero attached hydrogens (tertiary/aromatic N) is 1. The first-order valence-electron chi connectivity index (χ1n) is 6.35. The van der Waals surface area contributed by atoms with Crippen LogP contribution in [0.3, 0.4) is 0 Å². The smallest absolute Gasteiger partial charge is 0.254 e. The highest BCUT2D eigenvalue weighted by molar-refractivity contribution is 5.94. The predicted octanol–water partition coefficient (Wildman–Crippen LogP) is 1.71. The molecule has 0 atom stereocenters. The van der Waals surface area contributed by atoms with Crippen molar-refractivity contribution in [1.82, 2.24) is 10.3 Å². The second-order valence-electron chi connectivity index (χ2n) is 6.38. The van der Waals surface area contributed by atoms with Crippen molar-refractivity contribution in [2.75, 3.05) is 0 Å². The maximum Gasteiger partial charge on any atom is 0.254 e. The Balaban J connectivity index is 2.19. The highest BCUT2D eigenvalue weighted by Crippen LogP contribution is 2.52. The van der Waals surface area contributed by atoms with Crippen molar-refractivity contribution < 1.29 is 9.18 Å². The molecule has 1 aromatic heterocycles. The van der Waals surface area contributed by atoms with Gasteiger partial charge in [0.05, 0.1) is 11.8 Å². The summed E-state index contributed by atoms with van der Waals surface area (Å²) >= 11 is 0. The highest BCUT2D eigenvalue weighted by atomic mass is 19.1. The topological polar surface area (TPSA) is 68.0 Å². The molecule has 3 N–H and O–H groups in total. The molecule has 1 aliphatic carbocycles. The maximum atomic E-state index is 13.5. The van der Waals surface area contributed by atoms with Crippen LogP contribution < -0.4 is 11.1 Å². The number of carbonyl (C=O) groups is 1. The van der Waals surface area contributed by atoms with Crippen molar-refractivity contribution in [3.63, 3.8) is 0 Å². The Kier molecular flexibility index (Phi) is 3.13. The summed E-state index contributed by atoms with van der Waals surface area (Å²) in [7, 11) is 0. The van der Waals surface area contributed by atoms with Gasteiger partial charge in [0.2, 0.25) is 0 Å². The van der Waals surface area contributed by atoms with Gasteiger partial charge in [-0.05, 0) is 6.07 Å². The van der Waals surface area contributed by atoms with Gasteiger partial charge in [-0.3, -0.25) is 9.78 Å². The Morgan fingerprint density at radius 1 is 1.37 bits per heavy atom. The first-order valence-corrected chi connectivity index (χ1v) is 6.35. The lowest BCUT2D eigenvalue weighted by Crippen LogP contribution is -2.76. The van der Waals surface area contributed by atoms with Crippen LogP contribution in [0.2, 0.25) is 0 Å². The number of aromatic nitrogens is 1. The number of halogens is 1. The Labute approximate surface area is 112 Å². The van der Waals surface area contributed by atoms with E-state index in [1.807, 2.05) is 27.7 Å². The summed E-state index contributed by atoms with van der Waals surface area (Å²) in [6.07, 6.45) is 2.44. The van der Waals surface area contributed by atoms with Crippen LogP contribution in [0.25, 0.3) is 0 Å². The standard InChI is InChI=1S/C14H20FN3O/c1-13(2)11(16)14(3,4)12(13)18-10(19)8-5-6-17-7-9(8)15/h5-7,11-12H,16H2,1-4H3,(H,18,19). The lowest BCUT2D eigenvalue weighted by molar-refractivity contribution is -0.0664. The molecule has 4 nitrogen and oxygen atoms in total. The monoisotopic (exact) mass is 265 g/mol. The SMILES string of the molecule is CC1(C)C(N)C(C)(C)C1NC(=O)c1ccncc1F. The number of hydrogen-bond donors (Lipinski definition) is 2. The van der Waals surface area contributed by atoms with Gasteiger partial charge in [0.15, 0.2) is 5.82 Å². The zero-order valence-corrected chi connectivity index (χ0v) is 11.7. The van der Waals surface area contributed by atoms with Crippen LogP contribution in [0.4, 0.5) is 4.39 Å². The second kappa shape index (κ2) is 4.27. The zero-order valence-electron chi connectivity index (χ0n) is 11.7. The molecule has 1 fully saturated rings. The van der Waals surface area contributed by atoms with Crippen LogP contribution in [-0.4, -0.2) is 23.0 Å². The minimum absolute atomic E-state index is 0.00686. The van der Waals surface area contributed by atoms with Crippen molar-refractivity contribution in [2.24, 2.45) is 16.6 Å². The van der Waals surface area contributed by atoms with E-state index < -0.39 is 11.7 Å². The summed E-state index contributed by atoms with van der Waals surface area (Å²) in [5.74, 6) is -1.03. The van der Waals surface area contributed by atoms with E-state index >= 15 is 0 Å². The van der Waals surface area contributed by atoms with Crippen LogP contribution in [0.1, 0.15) is 38.1 Å². The first kappa shape index (κ1) is 13.9. The molecular formula is C14H20FN3O. The minimum Gasteiger partial charge on any atom is -0.348 e. The van der Waals surface area contributed by atoms with E-state index in [4.69, 9.17) is 5.73 Å². The Hall–Kier alpha value is -1.49. The molecule has 104 valence electrons. The summed E-state index contributed by atoms with van der Waals surface area (Å²) in [6, 6.07) is 1.28. The molecule has 1 aliphatic rings. The molecule has 0 spiro atoms. The van der Waals surface area contributed by atoms with Crippen LogP contribution >= 0.6 is 0 Å². The molecule has 1 amide bonds. The Morgan fingerprint density at radius 2 is 1.95 bits per heavy atom. The van der Waals surface area contributed by atoms with Crippen LogP contribution in [-0.2, 0) is 0 Å². The van der Waals surface area contributed by atoms with Crippen LogP contribution in [0.5, 0.6) is 0 Å². The number of amides is 1. The summed E-state index contributed by atoms with van der Waals surface area (Å²) < 4.78 is 13.5. The van der Waals surface area contributed by atoms with Gasteiger partial charge in [-0.25, -0.2) is 4.39 Å². The number of pyridine rings is 1. The van der Waals surface area contributed by atoms with Gasteiger partial charge in [0.25, 0.3) is 5.91 Å².